The van der Waals surface area contributed by atoms with Crippen LogP contribution in [0.3, 0.4) is 0 Å². The van der Waals surface area contributed by atoms with Gasteiger partial charge in [0.15, 0.2) is 0 Å². The van der Waals surface area contributed by atoms with E-state index in [0.717, 1.165) is 23.8 Å². The van der Waals surface area contributed by atoms with Crippen LogP contribution in [-0.2, 0) is 0 Å². The van der Waals surface area contributed by atoms with Crippen LogP contribution in [0.1, 0.15) is 45.4 Å². The average molecular weight is 236 g/mol. The van der Waals surface area contributed by atoms with Gasteiger partial charge in [0.05, 0.1) is 0 Å². The molecule has 2 aliphatic carbocycles. The molecule has 3 aliphatic rings. The Morgan fingerprint density at radius 1 is 1.06 bits per heavy atom. The fourth-order valence-electron chi connectivity index (χ4n) is 3.45. The Bertz CT molecular complexity index is 233. The standard InChI is InChI=1S/C15H28N2/c1-12-7-10-17(9-2-8-16-12)11-15(13-3-4-13)14-5-6-14/h12-16H,2-11H2,1H3. The first kappa shape index (κ1) is 12.0. The molecule has 0 aromatic rings. The summed E-state index contributed by atoms with van der Waals surface area (Å²) < 4.78 is 0. The fraction of sp³-hybridized carbons (Fsp3) is 1.00. The smallest absolute Gasteiger partial charge is 0.00509 e. The van der Waals surface area contributed by atoms with Crippen molar-refractivity contribution in [2.75, 3.05) is 26.2 Å². The van der Waals surface area contributed by atoms with E-state index in [9.17, 15) is 0 Å². The highest BCUT2D eigenvalue weighted by molar-refractivity contribution is 4.93. The third-order valence-electron chi connectivity index (χ3n) is 4.95. The zero-order chi connectivity index (χ0) is 11.7. The number of nitrogens with zero attached hydrogens (tertiary/aromatic N) is 1. The predicted octanol–water partition coefficient (Wildman–Crippen LogP) is 2.50. The van der Waals surface area contributed by atoms with Gasteiger partial charge in [-0.2, -0.15) is 0 Å². The Labute approximate surface area is 106 Å². The van der Waals surface area contributed by atoms with Gasteiger partial charge in [0.25, 0.3) is 0 Å². The van der Waals surface area contributed by atoms with Gasteiger partial charge in [0, 0.05) is 12.6 Å². The molecule has 0 spiro atoms. The monoisotopic (exact) mass is 236 g/mol. The van der Waals surface area contributed by atoms with Crippen LogP contribution in [0.25, 0.3) is 0 Å². The first-order valence-corrected chi connectivity index (χ1v) is 7.78. The normalized spacial score (nSPS) is 32.5. The Morgan fingerprint density at radius 3 is 2.41 bits per heavy atom. The highest BCUT2D eigenvalue weighted by Gasteiger charge is 2.41. The van der Waals surface area contributed by atoms with Crippen molar-refractivity contribution >= 4 is 0 Å². The van der Waals surface area contributed by atoms with E-state index in [1.54, 1.807) is 0 Å². The van der Waals surface area contributed by atoms with Crippen LogP contribution in [0.5, 0.6) is 0 Å². The van der Waals surface area contributed by atoms with Crippen LogP contribution in [0.15, 0.2) is 0 Å². The zero-order valence-corrected chi connectivity index (χ0v) is 11.3. The molecular formula is C15H28N2. The third-order valence-corrected chi connectivity index (χ3v) is 4.95. The van der Waals surface area contributed by atoms with Crippen molar-refractivity contribution in [2.24, 2.45) is 17.8 Å². The maximum absolute atomic E-state index is 3.60. The lowest BCUT2D eigenvalue weighted by molar-refractivity contribution is 0.183. The van der Waals surface area contributed by atoms with E-state index in [4.69, 9.17) is 0 Å². The molecule has 3 rings (SSSR count). The molecule has 98 valence electrons. The van der Waals surface area contributed by atoms with Gasteiger partial charge >= 0.3 is 0 Å². The van der Waals surface area contributed by atoms with Crippen molar-refractivity contribution in [3.63, 3.8) is 0 Å². The summed E-state index contributed by atoms with van der Waals surface area (Å²) in [5, 5.41) is 3.60. The maximum atomic E-state index is 3.60. The van der Waals surface area contributed by atoms with Crippen LogP contribution in [-0.4, -0.2) is 37.1 Å². The first-order valence-electron chi connectivity index (χ1n) is 7.78. The number of hydrogen-bond acceptors (Lipinski definition) is 2. The summed E-state index contributed by atoms with van der Waals surface area (Å²) in [6, 6.07) is 0.720. The van der Waals surface area contributed by atoms with Gasteiger partial charge in [-0.15, -0.1) is 0 Å². The molecule has 1 atom stereocenters. The van der Waals surface area contributed by atoms with Crippen molar-refractivity contribution in [2.45, 2.75) is 51.5 Å². The number of rotatable bonds is 4. The van der Waals surface area contributed by atoms with E-state index in [2.05, 4.69) is 17.1 Å². The molecule has 17 heavy (non-hydrogen) atoms. The van der Waals surface area contributed by atoms with Crippen LogP contribution in [0.2, 0.25) is 0 Å². The van der Waals surface area contributed by atoms with Gasteiger partial charge < -0.3 is 10.2 Å². The number of hydrogen-bond donors (Lipinski definition) is 1. The highest BCUT2D eigenvalue weighted by atomic mass is 15.1. The lowest BCUT2D eigenvalue weighted by atomic mass is 9.96. The van der Waals surface area contributed by atoms with E-state index < -0.39 is 0 Å². The minimum atomic E-state index is 0.720. The van der Waals surface area contributed by atoms with Crippen LogP contribution < -0.4 is 5.32 Å². The van der Waals surface area contributed by atoms with Gasteiger partial charge in [-0.3, -0.25) is 0 Å². The summed E-state index contributed by atoms with van der Waals surface area (Å²) >= 11 is 0. The largest absolute Gasteiger partial charge is 0.314 e. The molecular weight excluding hydrogens is 208 g/mol. The third kappa shape index (κ3) is 3.45. The van der Waals surface area contributed by atoms with Gasteiger partial charge in [-0.1, -0.05) is 0 Å². The second-order valence-corrected chi connectivity index (χ2v) is 6.64. The molecule has 0 amide bonds. The zero-order valence-electron chi connectivity index (χ0n) is 11.3. The molecule has 1 heterocycles. The van der Waals surface area contributed by atoms with Crippen molar-refractivity contribution < 1.29 is 0 Å². The Kier molecular flexibility index (Phi) is 3.72. The lowest BCUT2D eigenvalue weighted by Crippen LogP contribution is -2.40. The molecule has 0 radical (unpaired) electrons. The minimum Gasteiger partial charge on any atom is -0.314 e. The van der Waals surface area contributed by atoms with E-state index >= 15 is 0 Å². The van der Waals surface area contributed by atoms with Crippen molar-refractivity contribution in [3.8, 4) is 0 Å². The summed E-state index contributed by atoms with van der Waals surface area (Å²) in [7, 11) is 0. The molecule has 1 unspecified atom stereocenters. The fourth-order valence-corrected chi connectivity index (χ4v) is 3.45. The summed E-state index contributed by atoms with van der Waals surface area (Å²) in [5.41, 5.74) is 0. The summed E-state index contributed by atoms with van der Waals surface area (Å²) in [4.78, 5) is 2.78. The first-order chi connectivity index (χ1) is 8.33. The minimum absolute atomic E-state index is 0.720. The lowest BCUT2D eigenvalue weighted by Gasteiger charge is -2.31. The molecule has 1 N–H and O–H groups in total. The molecule has 1 aliphatic heterocycles. The van der Waals surface area contributed by atoms with Crippen molar-refractivity contribution in [1.29, 1.82) is 0 Å². The van der Waals surface area contributed by atoms with Crippen LogP contribution in [0, 0.1) is 17.8 Å². The van der Waals surface area contributed by atoms with Crippen LogP contribution in [0.4, 0.5) is 0 Å². The highest BCUT2D eigenvalue weighted by Crippen LogP contribution is 2.49. The van der Waals surface area contributed by atoms with Gasteiger partial charge in [0.1, 0.15) is 0 Å². The van der Waals surface area contributed by atoms with Crippen LogP contribution >= 0.6 is 0 Å². The Morgan fingerprint density at radius 2 is 1.76 bits per heavy atom. The summed E-state index contributed by atoms with van der Waals surface area (Å²) in [6.45, 7) is 7.62. The maximum Gasteiger partial charge on any atom is 0.00509 e. The molecule has 0 aromatic heterocycles. The van der Waals surface area contributed by atoms with Gasteiger partial charge in [0.2, 0.25) is 0 Å². The predicted molar refractivity (Wildman–Crippen MR) is 72.1 cm³/mol. The SMILES string of the molecule is CC1CCN(CC(C2CC2)C2CC2)CCCN1. The van der Waals surface area contributed by atoms with Crippen molar-refractivity contribution in [1.82, 2.24) is 10.2 Å². The molecule has 2 heteroatoms. The van der Waals surface area contributed by atoms with Gasteiger partial charge in [-0.05, 0) is 82.8 Å². The van der Waals surface area contributed by atoms with Gasteiger partial charge in [-0.25, -0.2) is 0 Å². The number of nitrogens with one attached hydrogen (secondary N) is 1. The van der Waals surface area contributed by atoms with E-state index in [1.165, 1.54) is 64.7 Å². The van der Waals surface area contributed by atoms with E-state index in [-0.39, 0.29) is 0 Å². The summed E-state index contributed by atoms with van der Waals surface area (Å²) in [6.07, 6.45) is 8.81. The molecule has 2 saturated carbocycles. The quantitative estimate of drug-likeness (QED) is 0.807. The Balaban J connectivity index is 1.51. The summed E-state index contributed by atoms with van der Waals surface area (Å²) in [5.74, 6) is 3.30. The molecule has 1 saturated heterocycles. The average Bonchev–Trinajstić information content (AvgIpc) is 3.15. The molecule has 3 fully saturated rings. The van der Waals surface area contributed by atoms with E-state index in [0.29, 0.717) is 0 Å². The molecule has 2 nitrogen and oxygen atoms in total. The topological polar surface area (TPSA) is 15.3 Å². The Hall–Kier alpha value is -0.0800. The van der Waals surface area contributed by atoms with E-state index in [1.807, 2.05) is 0 Å². The molecule has 0 bridgehead atoms. The second-order valence-electron chi connectivity index (χ2n) is 6.64. The second kappa shape index (κ2) is 5.27. The molecule has 0 aromatic carbocycles. The van der Waals surface area contributed by atoms with Crippen molar-refractivity contribution in [3.05, 3.63) is 0 Å².